The second-order valence-electron chi connectivity index (χ2n) is 4.32. The van der Waals surface area contributed by atoms with Gasteiger partial charge in [-0.2, -0.15) is 0 Å². The highest BCUT2D eigenvalue weighted by Gasteiger charge is 2.21. The first-order valence-electron chi connectivity index (χ1n) is 6.09. The van der Waals surface area contributed by atoms with Crippen molar-refractivity contribution in [2.24, 2.45) is 0 Å². The summed E-state index contributed by atoms with van der Waals surface area (Å²) in [5.74, 6) is -2.38. The van der Waals surface area contributed by atoms with Crippen molar-refractivity contribution in [1.29, 1.82) is 0 Å². The standard InChI is InChI=1S/C14H11ClF2N2O2/c15-10-3-1-9(2-4-10)7-8-18-14-12(19(20)21)6-5-11(16)13(14)17/h1-6,18H,7-8H2. The second kappa shape index (κ2) is 6.49. The van der Waals surface area contributed by atoms with Crippen LogP contribution in [0.1, 0.15) is 5.56 Å². The van der Waals surface area contributed by atoms with Crippen molar-refractivity contribution in [3.8, 4) is 0 Å². The van der Waals surface area contributed by atoms with Gasteiger partial charge in [0.2, 0.25) is 0 Å². The van der Waals surface area contributed by atoms with E-state index in [9.17, 15) is 18.9 Å². The average Bonchev–Trinajstić information content (AvgIpc) is 2.45. The van der Waals surface area contributed by atoms with Crippen LogP contribution in [-0.2, 0) is 6.42 Å². The highest BCUT2D eigenvalue weighted by atomic mass is 35.5. The largest absolute Gasteiger partial charge is 0.377 e. The summed E-state index contributed by atoms with van der Waals surface area (Å²) in [6, 6.07) is 8.67. The lowest BCUT2D eigenvalue weighted by Crippen LogP contribution is -2.09. The first-order chi connectivity index (χ1) is 9.99. The molecule has 0 amide bonds. The fraction of sp³-hybridized carbons (Fsp3) is 0.143. The molecule has 0 unspecified atom stereocenters. The summed E-state index contributed by atoms with van der Waals surface area (Å²) in [6.45, 7) is 0.225. The van der Waals surface area contributed by atoms with Crippen LogP contribution in [0.2, 0.25) is 5.02 Å². The predicted octanol–water partition coefficient (Wildman–Crippen LogP) is 4.18. The minimum atomic E-state index is -1.25. The van der Waals surface area contributed by atoms with Crippen LogP contribution < -0.4 is 5.32 Å². The van der Waals surface area contributed by atoms with E-state index < -0.39 is 27.9 Å². The maximum Gasteiger partial charge on any atom is 0.295 e. The Labute approximate surface area is 124 Å². The lowest BCUT2D eigenvalue weighted by molar-refractivity contribution is -0.384. The molecule has 0 aromatic heterocycles. The lowest BCUT2D eigenvalue weighted by Gasteiger charge is -2.09. The van der Waals surface area contributed by atoms with E-state index in [4.69, 9.17) is 11.6 Å². The van der Waals surface area contributed by atoms with Crippen molar-refractivity contribution in [2.75, 3.05) is 11.9 Å². The molecule has 0 bridgehead atoms. The van der Waals surface area contributed by atoms with E-state index in [-0.39, 0.29) is 6.54 Å². The molecule has 21 heavy (non-hydrogen) atoms. The van der Waals surface area contributed by atoms with E-state index in [0.717, 1.165) is 17.7 Å². The molecule has 2 aromatic carbocycles. The summed E-state index contributed by atoms with van der Waals surface area (Å²) < 4.78 is 26.8. The summed E-state index contributed by atoms with van der Waals surface area (Å²) in [7, 11) is 0. The monoisotopic (exact) mass is 312 g/mol. The molecule has 0 saturated carbocycles. The molecule has 0 aliphatic carbocycles. The van der Waals surface area contributed by atoms with Crippen molar-refractivity contribution in [3.05, 3.63) is 68.7 Å². The lowest BCUT2D eigenvalue weighted by atomic mass is 10.1. The van der Waals surface area contributed by atoms with Gasteiger partial charge in [-0.05, 0) is 30.2 Å². The molecule has 0 radical (unpaired) electrons. The fourth-order valence-corrected chi connectivity index (χ4v) is 1.97. The number of hydrogen-bond donors (Lipinski definition) is 1. The van der Waals surface area contributed by atoms with Crippen LogP contribution in [0, 0.1) is 21.7 Å². The Bertz CT molecular complexity index is 663. The third kappa shape index (κ3) is 3.66. The molecule has 2 rings (SSSR count). The SMILES string of the molecule is O=[N+]([O-])c1ccc(F)c(F)c1NCCc1ccc(Cl)cc1. The van der Waals surface area contributed by atoms with E-state index in [1.54, 1.807) is 24.3 Å². The Hall–Kier alpha value is -2.21. The van der Waals surface area contributed by atoms with E-state index >= 15 is 0 Å². The quantitative estimate of drug-likeness (QED) is 0.665. The van der Waals surface area contributed by atoms with Gasteiger partial charge in [0.1, 0.15) is 0 Å². The van der Waals surface area contributed by atoms with Gasteiger partial charge < -0.3 is 5.32 Å². The number of halogens is 3. The normalized spacial score (nSPS) is 10.4. The number of benzene rings is 2. The van der Waals surface area contributed by atoms with E-state index in [1.165, 1.54) is 0 Å². The van der Waals surface area contributed by atoms with Crippen molar-refractivity contribution >= 4 is 23.0 Å². The van der Waals surface area contributed by atoms with Gasteiger partial charge in [-0.1, -0.05) is 23.7 Å². The zero-order chi connectivity index (χ0) is 15.4. The predicted molar refractivity (Wildman–Crippen MR) is 76.7 cm³/mol. The second-order valence-corrected chi connectivity index (χ2v) is 4.75. The smallest absolute Gasteiger partial charge is 0.295 e. The molecule has 2 aromatic rings. The maximum atomic E-state index is 13.6. The molecule has 0 aliphatic rings. The Morgan fingerprint density at radius 1 is 1.14 bits per heavy atom. The van der Waals surface area contributed by atoms with Gasteiger partial charge >= 0.3 is 0 Å². The molecule has 0 atom stereocenters. The molecule has 0 heterocycles. The maximum absolute atomic E-state index is 13.6. The minimum absolute atomic E-state index is 0.225. The first-order valence-corrected chi connectivity index (χ1v) is 6.47. The summed E-state index contributed by atoms with van der Waals surface area (Å²) in [4.78, 5) is 10.1. The van der Waals surface area contributed by atoms with Crippen LogP contribution in [0.5, 0.6) is 0 Å². The molecule has 1 N–H and O–H groups in total. The third-order valence-corrected chi connectivity index (χ3v) is 3.15. The molecule has 0 aliphatic heterocycles. The number of nitrogens with one attached hydrogen (secondary N) is 1. The van der Waals surface area contributed by atoms with Gasteiger partial charge in [0.15, 0.2) is 17.3 Å². The van der Waals surface area contributed by atoms with Gasteiger partial charge in [0.05, 0.1) is 4.92 Å². The van der Waals surface area contributed by atoms with Crippen molar-refractivity contribution < 1.29 is 13.7 Å². The number of nitro groups is 1. The number of rotatable bonds is 5. The number of hydrogen-bond acceptors (Lipinski definition) is 3. The highest BCUT2D eigenvalue weighted by molar-refractivity contribution is 6.30. The Morgan fingerprint density at radius 2 is 1.81 bits per heavy atom. The van der Waals surface area contributed by atoms with Gasteiger partial charge in [0.25, 0.3) is 5.69 Å². The molecule has 0 spiro atoms. The Morgan fingerprint density at radius 3 is 2.43 bits per heavy atom. The van der Waals surface area contributed by atoms with Crippen molar-refractivity contribution in [1.82, 2.24) is 0 Å². The van der Waals surface area contributed by atoms with Crippen LogP contribution >= 0.6 is 11.6 Å². The van der Waals surface area contributed by atoms with Gasteiger partial charge in [-0.3, -0.25) is 10.1 Å². The summed E-state index contributed by atoms with van der Waals surface area (Å²) in [5, 5.41) is 14.0. The molecule has 7 heteroatoms. The number of anilines is 1. The zero-order valence-electron chi connectivity index (χ0n) is 10.8. The van der Waals surface area contributed by atoms with Crippen molar-refractivity contribution in [2.45, 2.75) is 6.42 Å². The van der Waals surface area contributed by atoms with Crippen molar-refractivity contribution in [3.63, 3.8) is 0 Å². The molecular weight excluding hydrogens is 302 g/mol. The Kier molecular flexibility index (Phi) is 4.70. The summed E-state index contributed by atoms with van der Waals surface area (Å²) in [5.41, 5.74) is -0.00895. The number of nitrogens with zero attached hydrogens (tertiary/aromatic N) is 1. The van der Waals surface area contributed by atoms with Gasteiger partial charge in [-0.25, -0.2) is 8.78 Å². The third-order valence-electron chi connectivity index (χ3n) is 2.90. The van der Waals surface area contributed by atoms with Crippen LogP contribution in [0.25, 0.3) is 0 Å². The molecular formula is C14H11ClF2N2O2. The van der Waals surface area contributed by atoms with Crippen LogP contribution in [0.15, 0.2) is 36.4 Å². The molecule has 0 saturated heterocycles. The van der Waals surface area contributed by atoms with Crippen LogP contribution in [0.3, 0.4) is 0 Å². The minimum Gasteiger partial charge on any atom is -0.377 e. The summed E-state index contributed by atoms with van der Waals surface area (Å²) in [6.07, 6.45) is 0.490. The Balaban J connectivity index is 2.10. The van der Waals surface area contributed by atoms with E-state index in [1.807, 2.05) is 0 Å². The first kappa shape index (κ1) is 15.2. The topological polar surface area (TPSA) is 55.2 Å². The fourth-order valence-electron chi connectivity index (χ4n) is 1.84. The van der Waals surface area contributed by atoms with Crippen LogP contribution in [-0.4, -0.2) is 11.5 Å². The van der Waals surface area contributed by atoms with Crippen LogP contribution in [0.4, 0.5) is 20.2 Å². The van der Waals surface area contributed by atoms with Gasteiger partial charge in [0, 0.05) is 17.6 Å². The molecule has 4 nitrogen and oxygen atoms in total. The van der Waals surface area contributed by atoms with Gasteiger partial charge in [-0.15, -0.1) is 0 Å². The number of nitro benzene ring substituents is 1. The highest BCUT2D eigenvalue weighted by Crippen LogP contribution is 2.29. The average molecular weight is 313 g/mol. The molecule has 0 fully saturated rings. The summed E-state index contributed by atoms with van der Waals surface area (Å²) >= 11 is 5.75. The zero-order valence-corrected chi connectivity index (χ0v) is 11.5. The van der Waals surface area contributed by atoms with E-state index in [2.05, 4.69) is 5.32 Å². The van der Waals surface area contributed by atoms with E-state index in [0.29, 0.717) is 11.4 Å². The molecule has 110 valence electrons.